The zero-order chi connectivity index (χ0) is 21.0. The Morgan fingerprint density at radius 1 is 1.31 bits per heavy atom. The van der Waals surface area contributed by atoms with Gasteiger partial charge >= 0.3 is 0 Å². The summed E-state index contributed by atoms with van der Waals surface area (Å²) in [5, 5.41) is 5.25. The number of carbonyl (C=O) groups excluding carboxylic acids is 1. The van der Waals surface area contributed by atoms with Gasteiger partial charge in [-0.25, -0.2) is 4.98 Å². The van der Waals surface area contributed by atoms with Crippen molar-refractivity contribution in [2.24, 2.45) is 0 Å². The quantitative estimate of drug-likeness (QED) is 0.424. The lowest BCUT2D eigenvalue weighted by molar-refractivity contribution is -0.113. The van der Waals surface area contributed by atoms with Crippen molar-refractivity contribution in [3.05, 3.63) is 40.0 Å². The third kappa shape index (κ3) is 4.56. The maximum atomic E-state index is 12.9. The first-order chi connectivity index (χ1) is 14.0. The molecular weight excluding hydrogens is 410 g/mol. The van der Waals surface area contributed by atoms with E-state index in [1.807, 2.05) is 25.3 Å². The Bertz CT molecular complexity index is 1080. The number of amides is 1. The van der Waals surface area contributed by atoms with Crippen LogP contribution in [0.25, 0.3) is 10.2 Å². The van der Waals surface area contributed by atoms with Crippen molar-refractivity contribution in [2.75, 3.05) is 25.3 Å². The Balaban J connectivity index is 1.80. The Labute approximate surface area is 177 Å². The van der Waals surface area contributed by atoms with Crippen LogP contribution in [0.5, 0.6) is 11.5 Å². The van der Waals surface area contributed by atoms with Crippen LogP contribution in [0.2, 0.25) is 0 Å². The predicted octanol–water partition coefficient (Wildman–Crippen LogP) is 4.18. The minimum atomic E-state index is -0.214. The van der Waals surface area contributed by atoms with E-state index < -0.39 is 0 Å². The fourth-order valence-electron chi connectivity index (χ4n) is 2.80. The SMILES string of the molecule is CC[C@H](C)n1c(SCC(=O)Nc2ccc(OC)cc2OC)nc2ccsc2c1=O. The van der Waals surface area contributed by atoms with E-state index in [0.717, 1.165) is 6.42 Å². The molecule has 29 heavy (non-hydrogen) atoms. The van der Waals surface area contributed by atoms with E-state index in [0.29, 0.717) is 32.6 Å². The van der Waals surface area contributed by atoms with Crippen LogP contribution in [-0.4, -0.2) is 35.4 Å². The van der Waals surface area contributed by atoms with Gasteiger partial charge in [0.15, 0.2) is 5.16 Å². The van der Waals surface area contributed by atoms with Crippen LogP contribution in [0.4, 0.5) is 5.69 Å². The summed E-state index contributed by atoms with van der Waals surface area (Å²) in [6, 6.07) is 7.00. The molecule has 0 saturated carbocycles. The van der Waals surface area contributed by atoms with E-state index >= 15 is 0 Å². The maximum absolute atomic E-state index is 12.9. The number of anilines is 1. The van der Waals surface area contributed by atoms with Crippen molar-refractivity contribution in [1.82, 2.24) is 9.55 Å². The van der Waals surface area contributed by atoms with Crippen LogP contribution in [-0.2, 0) is 4.79 Å². The highest BCUT2D eigenvalue weighted by atomic mass is 32.2. The van der Waals surface area contributed by atoms with Gasteiger partial charge in [-0.1, -0.05) is 18.7 Å². The van der Waals surface area contributed by atoms with Gasteiger partial charge in [-0.2, -0.15) is 0 Å². The van der Waals surface area contributed by atoms with Crippen molar-refractivity contribution in [3.63, 3.8) is 0 Å². The fraction of sp³-hybridized carbons (Fsp3) is 0.350. The van der Waals surface area contributed by atoms with Gasteiger partial charge in [-0.15, -0.1) is 11.3 Å². The summed E-state index contributed by atoms with van der Waals surface area (Å²) >= 11 is 2.64. The number of thiophene rings is 1. The summed E-state index contributed by atoms with van der Waals surface area (Å²) in [6.45, 7) is 4.00. The molecule has 0 spiro atoms. The summed E-state index contributed by atoms with van der Waals surface area (Å²) in [5.41, 5.74) is 1.16. The smallest absolute Gasteiger partial charge is 0.272 e. The number of hydrogen-bond acceptors (Lipinski definition) is 7. The molecule has 9 heteroatoms. The molecule has 7 nitrogen and oxygen atoms in total. The largest absolute Gasteiger partial charge is 0.497 e. The van der Waals surface area contributed by atoms with Crippen LogP contribution in [0, 0.1) is 0 Å². The average molecular weight is 434 g/mol. The predicted molar refractivity (Wildman–Crippen MR) is 118 cm³/mol. The number of nitrogens with one attached hydrogen (secondary N) is 1. The summed E-state index contributed by atoms with van der Waals surface area (Å²) in [5.74, 6) is 1.05. The molecule has 2 heterocycles. The Kier molecular flexibility index (Phi) is 6.81. The fourth-order valence-corrected chi connectivity index (χ4v) is 4.46. The van der Waals surface area contributed by atoms with E-state index in [9.17, 15) is 9.59 Å². The highest BCUT2D eigenvalue weighted by Crippen LogP contribution is 2.30. The number of thioether (sulfide) groups is 1. The topological polar surface area (TPSA) is 82.5 Å². The Morgan fingerprint density at radius 2 is 2.10 bits per heavy atom. The minimum Gasteiger partial charge on any atom is -0.497 e. The molecule has 1 atom stereocenters. The zero-order valence-corrected chi connectivity index (χ0v) is 18.4. The number of hydrogen-bond donors (Lipinski definition) is 1. The first kappa shape index (κ1) is 21.2. The van der Waals surface area contributed by atoms with Crippen molar-refractivity contribution < 1.29 is 14.3 Å². The molecule has 0 saturated heterocycles. The van der Waals surface area contributed by atoms with E-state index in [4.69, 9.17) is 9.47 Å². The lowest BCUT2D eigenvalue weighted by Crippen LogP contribution is -2.26. The van der Waals surface area contributed by atoms with Gasteiger partial charge in [0, 0.05) is 12.1 Å². The van der Waals surface area contributed by atoms with Crippen molar-refractivity contribution >= 4 is 44.9 Å². The molecule has 2 aromatic heterocycles. The number of ether oxygens (including phenoxy) is 2. The summed E-state index contributed by atoms with van der Waals surface area (Å²) in [6.07, 6.45) is 0.793. The summed E-state index contributed by atoms with van der Waals surface area (Å²) in [7, 11) is 3.10. The van der Waals surface area contributed by atoms with Gasteiger partial charge in [0.2, 0.25) is 5.91 Å². The van der Waals surface area contributed by atoms with E-state index in [-0.39, 0.29) is 23.3 Å². The van der Waals surface area contributed by atoms with Crippen molar-refractivity contribution in [1.29, 1.82) is 0 Å². The first-order valence-corrected chi connectivity index (χ1v) is 11.0. The van der Waals surface area contributed by atoms with Crippen LogP contribution in [0.1, 0.15) is 26.3 Å². The Morgan fingerprint density at radius 3 is 2.79 bits per heavy atom. The third-order valence-corrected chi connectivity index (χ3v) is 6.37. The molecular formula is C20H23N3O4S2. The normalized spacial score (nSPS) is 12.0. The number of carbonyl (C=O) groups is 1. The molecule has 1 N–H and O–H groups in total. The monoisotopic (exact) mass is 433 g/mol. The van der Waals surface area contributed by atoms with Crippen LogP contribution in [0.15, 0.2) is 39.6 Å². The van der Waals surface area contributed by atoms with E-state index in [1.54, 1.807) is 29.9 Å². The number of fused-ring (bicyclic) bond motifs is 1. The van der Waals surface area contributed by atoms with Gasteiger partial charge in [-0.3, -0.25) is 14.2 Å². The third-order valence-electron chi connectivity index (χ3n) is 4.53. The van der Waals surface area contributed by atoms with E-state index in [2.05, 4.69) is 10.3 Å². The van der Waals surface area contributed by atoms with E-state index in [1.165, 1.54) is 30.2 Å². The number of rotatable bonds is 8. The molecule has 0 fully saturated rings. The van der Waals surface area contributed by atoms with Gasteiger partial charge in [0.1, 0.15) is 16.2 Å². The van der Waals surface area contributed by atoms with Crippen LogP contribution < -0.4 is 20.3 Å². The molecule has 0 aliphatic carbocycles. The highest BCUT2D eigenvalue weighted by Gasteiger charge is 2.18. The molecule has 0 bridgehead atoms. The van der Waals surface area contributed by atoms with Crippen molar-refractivity contribution in [3.8, 4) is 11.5 Å². The lowest BCUT2D eigenvalue weighted by atomic mass is 10.2. The van der Waals surface area contributed by atoms with Gasteiger partial charge < -0.3 is 14.8 Å². The number of benzene rings is 1. The minimum absolute atomic E-state index is 0.00579. The molecule has 0 aliphatic rings. The molecule has 1 amide bonds. The lowest BCUT2D eigenvalue weighted by Gasteiger charge is -2.17. The molecule has 0 unspecified atom stereocenters. The zero-order valence-electron chi connectivity index (χ0n) is 16.7. The molecule has 0 aliphatic heterocycles. The number of aromatic nitrogens is 2. The molecule has 3 aromatic rings. The highest BCUT2D eigenvalue weighted by molar-refractivity contribution is 7.99. The number of methoxy groups -OCH3 is 2. The molecule has 3 rings (SSSR count). The Hall–Kier alpha value is -2.52. The molecule has 1 aromatic carbocycles. The van der Waals surface area contributed by atoms with Crippen molar-refractivity contribution in [2.45, 2.75) is 31.5 Å². The molecule has 0 radical (unpaired) electrons. The summed E-state index contributed by atoms with van der Waals surface area (Å²) in [4.78, 5) is 30.0. The van der Waals surface area contributed by atoms with Gasteiger partial charge in [0.25, 0.3) is 5.56 Å². The van der Waals surface area contributed by atoms with Crippen LogP contribution >= 0.6 is 23.1 Å². The maximum Gasteiger partial charge on any atom is 0.272 e. The molecule has 154 valence electrons. The standard InChI is InChI=1S/C20H23N3O4S2/c1-5-12(2)23-19(25)18-15(8-9-28-18)22-20(23)29-11-17(24)21-14-7-6-13(26-3)10-16(14)27-4/h6-10,12H,5,11H2,1-4H3,(H,21,24)/t12-/m0/s1. The second-order valence-electron chi connectivity index (χ2n) is 6.36. The summed E-state index contributed by atoms with van der Waals surface area (Å²) < 4.78 is 12.8. The second kappa shape index (κ2) is 9.32. The average Bonchev–Trinajstić information content (AvgIpc) is 3.21. The van der Waals surface area contributed by atoms with Gasteiger partial charge in [0.05, 0.1) is 31.2 Å². The number of nitrogens with zero attached hydrogens (tertiary/aromatic N) is 2. The van der Waals surface area contributed by atoms with Gasteiger partial charge in [-0.05, 0) is 36.9 Å². The van der Waals surface area contributed by atoms with Crippen LogP contribution in [0.3, 0.4) is 0 Å². The first-order valence-electron chi connectivity index (χ1n) is 9.12. The second-order valence-corrected chi connectivity index (χ2v) is 8.22.